The van der Waals surface area contributed by atoms with E-state index < -0.39 is 15.8 Å². The Morgan fingerprint density at radius 2 is 1.95 bits per heavy atom. The standard InChI is InChI=1S/C15H23FN2O2S/c1-11(2)10-18(13-5-3-4-6-13)21(19,20)15-8-7-12(16)9-14(15)17/h7-9,11,13H,3-6,10,17H2,1-2H3. The summed E-state index contributed by atoms with van der Waals surface area (Å²) in [6.07, 6.45) is 3.86. The third kappa shape index (κ3) is 3.55. The van der Waals surface area contributed by atoms with Gasteiger partial charge in [0.05, 0.1) is 5.69 Å². The summed E-state index contributed by atoms with van der Waals surface area (Å²) in [6.45, 7) is 4.45. The van der Waals surface area contributed by atoms with Crippen LogP contribution in [0.1, 0.15) is 39.5 Å². The van der Waals surface area contributed by atoms with Gasteiger partial charge in [0.15, 0.2) is 0 Å². The smallest absolute Gasteiger partial charge is 0.245 e. The van der Waals surface area contributed by atoms with Crippen LogP contribution in [-0.4, -0.2) is 25.3 Å². The van der Waals surface area contributed by atoms with Crippen molar-refractivity contribution in [2.75, 3.05) is 12.3 Å². The lowest BCUT2D eigenvalue weighted by Crippen LogP contribution is -2.41. The molecule has 118 valence electrons. The molecule has 0 aliphatic heterocycles. The van der Waals surface area contributed by atoms with Crippen LogP contribution in [0.3, 0.4) is 0 Å². The van der Waals surface area contributed by atoms with Crippen molar-refractivity contribution in [3.8, 4) is 0 Å². The third-order valence-electron chi connectivity index (χ3n) is 3.84. The molecule has 21 heavy (non-hydrogen) atoms. The molecular formula is C15H23FN2O2S. The molecule has 1 fully saturated rings. The second-order valence-corrected chi connectivity index (χ2v) is 7.95. The van der Waals surface area contributed by atoms with Gasteiger partial charge >= 0.3 is 0 Å². The van der Waals surface area contributed by atoms with Crippen molar-refractivity contribution in [1.29, 1.82) is 0 Å². The average Bonchev–Trinajstić information content (AvgIpc) is 2.88. The summed E-state index contributed by atoms with van der Waals surface area (Å²) in [5, 5.41) is 0. The second kappa shape index (κ2) is 6.32. The molecule has 0 saturated heterocycles. The van der Waals surface area contributed by atoms with E-state index in [4.69, 9.17) is 5.73 Å². The Labute approximate surface area is 126 Å². The molecule has 0 heterocycles. The van der Waals surface area contributed by atoms with E-state index in [-0.39, 0.29) is 22.5 Å². The Balaban J connectivity index is 2.40. The fourth-order valence-electron chi connectivity index (χ4n) is 2.88. The number of rotatable bonds is 5. The van der Waals surface area contributed by atoms with Crippen LogP contribution in [0.25, 0.3) is 0 Å². The van der Waals surface area contributed by atoms with Crippen LogP contribution in [0, 0.1) is 11.7 Å². The van der Waals surface area contributed by atoms with Crippen molar-refractivity contribution in [3.63, 3.8) is 0 Å². The fourth-order valence-corrected chi connectivity index (χ4v) is 4.82. The highest BCUT2D eigenvalue weighted by Gasteiger charge is 2.34. The number of nitrogen functional groups attached to an aromatic ring is 1. The van der Waals surface area contributed by atoms with Gasteiger partial charge in [-0.05, 0) is 37.0 Å². The largest absolute Gasteiger partial charge is 0.398 e. The monoisotopic (exact) mass is 314 g/mol. The van der Waals surface area contributed by atoms with Gasteiger partial charge in [0.25, 0.3) is 0 Å². The molecule has 0 amide bonds. The molecule has 2 rings (SSSR count). The summed E-state index contributed by atoms with van der Waals surface area (Å²) in [6, 6.07) is 3.50. The summed E-state index contributed by atoms with van der Waals surface area (Å²) in [7, 11) is -3.69. The van der Waals surface area contributed by atoms with Crippen LogP contribution in [0.4, 0.5) is 10.1 Å². The van der Waals surface area contributed by atoms with Gasteiger partial charge in [0, 0.05) is 12.6 Å². The highest BCUT2D eigenvalue weighted by molar-refractivity contribution is 7.89. The molecule has 0 spiro atoms. The van der Waals surface area contributed by atoms with Crippen LogP contribution >= 0.6 is 0 Å². The van der Waals surface area contributed by atoms with E-state index >= 15 is 0 Å². The summed E-state index contributed by atoms with van der Waals surface area (Å²) in [4.78, 5) is 0.0106. The molecule has 1 aromatic rings. The maximum atomic E-state index is 13.2. The highest BCUT2D eigenvalue weighted by Crippen LogP contribution is 2.31. The molecule has 1 aliphatic rings. The second-order valence-electron chi connectivity index (χ2n) is 6.09. The van der Waals surface area contributed by atoms with Gasteiger partial charge in [-0.15, -0.1) is 0 Å². The fraction of sp³-hybridized carbons (Fsp3) is 0.600. The Morgan fingerprint density at radius 3 is 2.48 bits per heavy atom. The Hall–Kier alpha value is -1.14. The van der Waals surface area contributed by atoms with Crippen molar-refractivity contribution < 1.29 is 12.8 Å². The molecule has 0 unspecified atom stereocenters. The molecule has 6 heteroatoms. The van der Waals surface area contributed by atoms with E-state index in [1.165, 1.54) is 6.07 Å². The van der Waals surface area contributed by atoms with Gasteiger partial charge in [-0.1, -0.05) is 26.7 Å². The zero-order valence-electron chi connectivity index (χ0n) is 12.5. The molecule has 0 atom stereocenters. The average molecular weight is 314 g/mol. The summed E-state index contributed by atoms with van der Waals surface area (Å²) in [5.41, 5.74) is 5.70. The van der Waals surface area contributed by atoms with Gasteiger partial charge < -0.3 is 5.73 Å². The number of sulfonamides is 1. The van der Waals surface area contributed by atoms with E-state index in [1.807, 2.05) is 13.8 Å². The van der Waals surface area contributed by atoms with E-state index in [1.54, 1.807) is 4.31 Å². The molecule has 1 aliphatic carbocycles. The van der Waals surface area contributed by atoms with Crippen molar-refractivity contribution in [3.05, 3.63) is 24.0 Å². The normalized spacial score (nSPS) is 17.0. The van der Waals surface area contributed by atoms with Crippen LogP contribution in [0.5, 0.6) is 0 Å². The van der Waals surface area contributed by atoms with E-state index in [0.717, 1.165) is 37.8 Å². The lowest BCUT2D eigenvalue weighted by atomic mass is 10.2. The van der Waals surface area contributed by atoms with Crippen molar-refractivity contribution >= 4 is 15.7 Å². The Morgan fingerprint density at radius 1 is 1.33 bits per heavy atom. The van der Waals surface area contributed by atoms with E-state index in [9.17, 15) is 12.8 Å². The number of nitrogens with zero attached hydrogens (tertiary/aromatic N) is 1. The zero-order chi connectivity index (χ0) is 15.6. The molecule has 1 saturated carbocycles. The van der Waals surface area contributed by atoms with Gasteiger partial charge in [0.2, 0.25) is 10.0 Å². The lowest BCUT2D eigenvalue weighted by molar-refractivity contribution is 0.292. The zero-order valence-corrected chi connectivity index (χ0v) is 13.4. The van der Waals surface area contributed by atoms with Crippen molar-refractivity contribution in [2.45, 2.75) is 50.5 Å². The van der Waals surface area contributed by atoms with Crippen molar-refractivity contribution in [1.82, 2.24) is 4.31 Å². The molecule has 0 radical (unpaired) electrons. The first-order valence-electron chi connectivity index (χ1n) is 7.39. The van der Waals surface area contributed by atoms with Crippen LogP contribution in [0.15, 0.2) is 23.1 Å². The maximum Gasteiger partial charge on any atom is 0.245 e. The Bertz CT molecular complexity index is 596. The van der Waals surface area contributed by atoms with Gasteiger partial charge in [-0.3, -0.25) is 0 Å². The maximum absolute atomic E-state index is 13.2. The number of nitrogens with two attached hydrogens (primary N) is 1. The molecule has 2 N–H and O–H groups in total. The minimum Gasteiger partial charge on any atom is -0.398 e. The quantitative estimate of drug-likeness (QED) is 0.850. The lowest BCUT2D eigenvalue weighted by Gasteiger charge is -2.30. The van der Waals surface area contributed by atoms with E-state index in [2.05, 4.69) is 0 Å². The molecule has 0 aromatic heterocycles. The summed E-state index contributed by atoms with van der Waals surface area (Å²) < 4.78 is 40.5. The van der Waals surface area contributed by atoms with Crippen LogP contribution < -0.4 is 5.73 Å². The minimum atomic E-state index is -3.69. The first kappa shape index (κ1) is 16.2. The third-order valence-corrected chi connectivity index (χ3v) is 5.83. The SMILES string of the molecule is CC(C)CN(C1CCCC1)S(=O)(=O)c1ccc(F)cc1N. The van der Waals surface area contributed by atoms with Gasteiger partial charge in [-0.2, -0.15) is 4.31 Å². The number of anilines is 1. The highest BCUT2D eigenvalue weighted by atomic mass is 32.2. The number of halogens is 1. The van der Waals surface area contributed by atoms with Crippen molar-refractivity contribution in [2.24, 2.45) is 5.92 Å². The van der Waals surface area contributed by atoms with Crippen LogP contribution in [-0.2, 0) is 10.0 Å². The van der Waals surface area contributed by atoms with Gasteiger partial charge in [-0.25, -0.2) is 12.8 Å². The summed E-state index contributed by atoms with van der Waals surface area (Å²) in [5.74, 6) is -0.301. The number of benzene rings is 1. The number of hydrogen-bond donors (Lipinski definition) is 1. The molecular weight excluding hydrogens is 291 g/mol. The van der Waals surface area contributed by atoms with E-state index in [0.29, 0.717) is 6.54 Å². The summed E-state index contributed by atoms with van der Waals surface area (Å²) >= 11 is 0. The molecule has 1 aromatic carbocycles. The first-order valence-corrected chi connectivity index (χ1v) is 8.83. The van der Waals surface area contributed by atoms with Gasteiger partial charge in [0.1, 0.15) is 10.7 Å². The number of hydrogen-bond acceptors (Lipinski definition) is 3. The predicted molar refractivity (Wildman–Crippen MR) is 81.8 cm³/mol. The Kier molecular flexibility index (Phi) is 4.88. The minimum absolute atomic E-state index is 0.0106. The molecule has 0 bridgehead atoms. The first-order chi connectivity index (χ1) is 9.82. The topological polar surface area (TPSA) is 63.4 Å². The van der Waals surface area contributed by atoms with Crippen LogP contribution in [0.2, 0.25) is 0 Å². The predicted octanol–water partition coefficient (Wildman–Crippen LogP) is 3.00. The molecule has 4 nitrogen and oxygen atoms in total.